The molecular formula is C12H15BrO. The highest BCUT2D eigenvalue weighted by atomic mass is 79.9. The lowest BCUT2D eigenvalue weighted by molar-refractivity contribution is 0.459. The van der Waals surface area contributed by atoms with Crippen LogP contribution in [0.4, 0.5) is 0 Å². The van der Waals surface area contributed by atoms with Gasteiger partial charge in [-0.25, -0.2) is 0 Å². The van der Waals surface area contributed by atoms with Crippen LogP contribution in [0.2, 0.25) is 0 Å². The van der Waals surface area contributed by atoms with Gasteiger partial charge in [0.2, 0.25) is 0 Å². The fourth-order valence-electron chi connectivity index (χ4n) is 1.43. The third kappa shape index (κ3) is 2.38. The van der Waals surface area contributed by atoms with E-state index >= 15 is 0 Å². The van der Waals surface area contributed by atoms with Crippen LogP contribution in [-0.4, -0.2) is 5.11 Å². The molecule has 1 rings (SSSR count). The summed E-state index contributed by atoms with van der Waals surface area (Å²) in [6, 6.07) is 3.90. The van der Waals surface area contributed by atoms with Crippen molar-refractivity contribution in [3.8, 4) is 5.75 Å². The van der Waals surface area contributed by atoms with Crippen molar-refractivity contribution < 1.29 is 5.11 Å². The number of phenolic OH excluding ortho intramolecular Hbond substituents is 1. The van der Waals surface area contributed by atoms with E-state index in [1.54, 1.807) is 6.08 Å². The second kappa shape index (κ2) is 4.65. The lowest BCUT2D eigenvalue weighted by atomic mass is 9.98. The molecule has 0 aliphatic rings. The topological polar surface area (TPSA) is 20.2 Å². The molecule has 0 radical (unpaired) electrons. The molecule has 0 bridgehead atoms. The zero-order chi connectivity index (χ0) is 10.7. The minimum atomic E-state index is 0.330. The van der Waals surface area contributed by atoms with E-state index in [0.717, 1.165) is 15.6 Å². The number of phenols is 1. The first-order chi connectivity index (χ1) is 6.56. The van der Waals surface area contributed by atoms with Crippen molar-refractivity contribution in [2.24, 2.45) is 0 Å². The van der Waals surface area contributed by atoms with E-state index in [2.05, 4.69) is 36.4 Å². The van der Waals surface area contributed by atoms with E-state index in [4.69, 9.17) is 0 Å². The highest BCUT2D eigenvalue weighted by Gasteiger charge is 2.10. The molecule has 0 amide bonds. The Kier molecular flexibility index (Phi) is 3.76. The van der Waals surface area contributed by atoms with Crippen LogP contribution in [0, 0.1) is 0 Å². The van der Waals surface area contributed by atoms with Crippen molar-refractivity contribution in [2.75, 3.05) is 0 Å². The molecule has 1 aromatic rings. The Morgan fingerprint density at radius 3 is 2.64 bits per heavy atom. The summed E-state index contributed by atoms with van der Waals surface area (Å²) in [7, 11) is 0. The van der Waals surface area contributed by atoms with Crippen LogP contribution in [-0.2, 0) is 6.42 Å². The quantitative estimate of drug-likeness (QED) is 0.809. The number of halogens is 1. The molecule has 14 heavy (non-hydrogen) atoms. The fraction of sp³-hybridized carbons (Fsp3) is 0.333. The SMILES string of the molecule is C=CCc1cc(Br)cc(C(C)C)c1O. The molecule has 0 aliphatic heterocycles. The Morgan fingerprint density at radius 2 is 2.14 bits per heavy atom. The third-order valence-electron chi connectivity index (χ3n) is 2.17. The van der Waals surface area contributed by atoms with Crippen molar-refractivity contribution in [2.45, 2.75) is 26.2 Å². The van der Waals surface area contributed by atoms with E-state index in [9.17, 15) is 5.11 Å². The molecule has 0 fully saturated rings. The van der Waals surface area contributed by atoms with Crippen LogP contribution in [0.25, 0.3) is 0 Å². The van der Waals surface area contributed by atoms with Crippen molar-refractivity contribution in [1.29, 1.82) is 0 Å². The number of hydrogen-bond acceptors (Lipinski definition) is 1. The first kappa shape index (κ1) is 11.3. The lowest BCUT2D eigenvalue weighted by Crippen LogP contribution is -1.93. The van der Waals surface area contributed by atoms with Crippen LogP contribution in [0.15, 0.2) is 29.3 Å². The van der Waals surface area contributed by atoms with Gasteiger partial charge in [0.05, 0.1) is 0 Å². The van der Waals surface area contributed by atoms with Gasteiger partial charge in [0.1, 0.15) is 5.75 Å². The van der Waals surface area contributed by atoms with E-state index < -0.39 is 0 Å². The van der Waals surface area contributed by atoms with Gasteiger partial charge in [-0.2, -0.15) is 0 Å². The molecule has 0 atom stereocenters. The van der Waals surface area contributed by atoms with E-state index in [1.807, 2.05) is 12.1 Å². The van der Waals surface area contributed by atoms with Gasteiger partial charge in [-0.05, 0) is 35.6 Å². The summed E-state index contributed by atoms with van der Waals surface area (Å²) in [5, 5.41) is 9.95. The summed E-state index contributed by atoms with van der Waals surface area (Å²) < 4.78 is 1.01. The molecule has 0 aromatic heterocycles. The summed E-state index contributed by atoms with van der Waals surface area (Å²) >= 11 is 3.44. The van der Waals surface area contributed by atoms with Gasteiger partial charge in [0.25, 0.3) is 0 Å². The Labute approximate surface area is 93.6 Å². The molecular weight excluding hydrogens is 240 g/mol. The molecule has 0 unspecified atom stereocenters. The first-order valence-electron chi connectivity index (χ1n) is 4.68. The molecule has 0 saturated carbocycles. The Hall–Kier alpha value is -0.760. The molecule has 1 N–H and O–H groups in total. The van der Waals surface area contributed by atoms with Crippen molar-refractivity contribution in [1.82, 2.24) is 0 Å². The highest BCUT2D eigenvalue weighted by molar-refractivity contribution is 9.10. The number of rotatable bonds is 3. The maximum absolute atomic E-state index is 9.95. The number of aromatic hydroxyl groups is 1. The zero-order valence-corrected chi connectivity index (χ0v) is 10.1. The minimum absolute atomic E-state index is 0.330. The fourth-order valence-corrected chi connectivity index (χ4v) is 1.95. The standard InChI is InChI=1S/C12H15BrO/c1-4-5-9-6-10(13)7-11(8(2)3)12(9)14/h4,6-8,14H,1,5H2,2-3H3. The average Bonchev–Trinajstić information content (AvgIpc) is 2.10. The van der Waals surface area contributed by atoms with Crippen LogP contribution in [0.3, 0.4) is 0 Å². The average molecular weight is 255 g/mol. The molecule has 0 saturated heterocycles. The lowest BCUT2D eigenvalue weighted by Gasteiger charge is -2.12. The van der Waals surface area contributed by atoms with Gasteiger partial charge in [0, 0.05) is 4.47 Å². The van der Waals surface area contributed by atoms with Gasteiger partial charge in [-0.3, -0.25) is 0 Å². The summed E-state index contributed by atoms with van der Waals surface area (Å²) in [6.07, 6.45) is 2.50. The Bertz CT molecular complexity index is 342. The normalized spacial score (nSPS) is 10.6. The smallest absolute Gasteiger partial charge is 0.122 e. The largest absolute Gasteiger partial charge is 0.507 e. The number of allylic oxidation sites excluding steroid dienone is 1. The summed E-state index contributed by atoms with van der Waals surface area (Å²) in [4.78, 5) is 0. The second-order valence-corrected chi connectivity index (χ2v) is 4.57. The minimum Gasteiger partial charge on any atom is -0.507 e. The van der Waals surface area contributed by atoms with Crippen LogP contribution in [0.5, 0.6) is 5.75 Å². The van der Waals surface area contributed by atoms with Crippen LogP contribution in [0.1, 0.15) is 30.9 Å². The molecule has 0 heterocycles. The summed E-state index contributed by atoms with van der Waals surface area (Å²) in [5.41, 5.74) is 1.91. The van der Waals surface area contributed by atoms with Crippen LogP contribution >= 0.6 is 15.9 Å². The van der Waals surface area contributed by atoms with Crippen molar-refractivity contribution in [3.63, 3.8) is 0 Å². The van der Waals surface area contributed by atoms with Gasteiger partial charge in [-0.15, -0.1) is 6.58 Å². The summed E-state index contributed by atoms with van der Waals surface area (Å²) in [6.45, 7) is 7.81. The number of benzene rings is 1. The molecule has 0 spiro atoms. The second-order valence-electron chi connectivity index (χ2n) is 3.65. The Balaban J connectivity index is 3.24. The molecule has 1 aromatic carbocycles. The van der Waals surface area contributed by atoms with Gasteiger partial charge in [-0.1, -0.05) is 35.9 Å². The predicted molar refractivity (Wildman–Crippen MR) is 63.8 cm³/mol. The molecule has 0 aliphatic carbocycles. The van der Waals surface area contributed by atoms with Gasteiger partial charge in [0.15, 0.2) is 0 Å². The van der Waals surface area contributed by atoms with Crippen molar-refractivity contribution in [3.05, 3.63) is 40.4 Å². The first-order valence-corrected chi connectivity index (χ1v) is 5.47. The van der Waals surface area contributed by atoms with Crippen molar-refractivity contribution >= 4 is 15.9 Å². The van der Waals surface area contributed by atoms with Crippen LogP contribution < -0.4 is 0 Å². The maximum Gasteiger partial charge on any atom is 0.122 e. The molecule has 2 heteroatoms. The maximum atomic E-state index is 9.95. The van der Waals surface area contributed by atoms with E-state index in [-0.39, 0.29) is 0 Å². The molecule has 1 nitrogen and oxygen atoms in total. The Morgan fingerprint density at radius 1 is 1.50 bits per heavy atom. The van der Waals surface area contributed by atoms with E-state index in [0.29, 0.717) is 18.1 Å². The third-order valence-corrected chi connectivity index (χ3v) is 2.63. The van der Waals surface area contributed by atoms with Gasteiger partial charge < -0.3 is 5.11 Å². The summed E-state index contributed by atoms with van der Waals surface area (Å²) in [5.74, 6) is 0.735. The monoisotopic (exact) mass is 254 g/mol. The predicted octanol–water partition coefficient (Wildman–Crippen LogP) is 4.01. The van der Waals surface area contributed by atoms with Gasteiger partial charge >= 0.3 is 0 Å². The highest BCUT2D eigenvalue weighted by Crippen LogP contribution is 2.32. The molecule has 76 valence electrons. The van der Waals surface area contributed by atoms with E-state index in [1.165, 1.54) is 0 Å². The number of hydrogen-bond donors (Lipinski definition) is 1. The zero-order valence-electron chi connectivity index (χ0n) is 8.55.